The van der Waals surface area contributed by atoms with Gasteiger partial charge in [-0.3, -0.25) is 0 Å². The first-order chi connectivity index (χ1) is 37.2. The fourth-order valence-electron chi connectivity index (χ4n) is 12.2. The molecule has 16 rings (SSSR count). The maximum atomic E-state index is 12.1. The second-order valence-electron chi connectivity index (χ2n) is 19.2. The summed E-state index contributed by atoms with van der Waals surface area (Å²) in [7, 11) is 0. The maximum Gasteiger partial charge on any atom is 0.220 e. The van der Waals surface area contributed by atoms with Crippen molar-refractivity contribution in [1.29, 1.82) is 5.26 Å². The van der Waals surface area contributed by atoms with Gasteiger partial charge in [0.05, 0.1) is 55.0 Å². The van der Waals surface area contributed by atoms with Gasteiger partial charge in [0.1, 0.15) is 17.2 Å². The molecule has 7 heteroatoms. The van der Waals surface area contributed by atoms with E-state index in [1.54, 1.807) is 22.7 Å². The first-order valence-electron chi connectivity index (χ1n) is 24.9. The number of nitriles is 1. The molecule has 0 bridgehead atoms. The van der Waals surface area contributed by atoms with Gasteiger partial charge in [-0.25, -0.2) is 4.85 Å². The zero-order valence-corrected chi connectivity index (χ0v) is 41.4. The first kappa shape index (κ1) is 41.8. The zero-order chi connectivity index (χ0) is 49.5. The molecule has 0 saturated heterocycles. The number of rotatable bonds is 5. The molecule has 0 amide bonds. The van der Waals surface area contributed by atoms with E-state index in [0.717, 1.165) is 119 Å². The molecule has 0 fully saturated rings. The minimum atomic E-state index is 0.407. The lowest BCUT2D eigenvalue weighted by atomic mass is 9.88. The molecule has 0 radical (unpaired) electrons. The number of fused-ring (bicyclic) bond motifs is 17. The van der Waals surface area contributed by atoms with Crippen molar-refractivity contribution in [2.75, 3.05) is 0 Å². The standard InChI is InChI=1S/C68H36N4OS2/c1-70-61-59(40-20-7-3-8-21-40)53(38-69)62(71-54-29-14-11-24-43(54)51-36-52-48-28-17-27-42(39-18-5-2-6-19-39)66(48)73-56(52)37-55(51)71)60(41-22-9-4-10-23-41)65(61)72-63-46(32-34-49-44-25-12-15-30-57(44)74-67(49)63)47-33-35-50-45-26-13-16-31-58(45)75-68(50)64(47)72/h2-37H. The van der Waals surface area contributed by atoms with Crippen molar-refractivity contribution in [2.24, 2.45) is 0 Å². The summed E-state index contributed by atoms with van der Waals surface area (Å²) in [6.45, 7) is 9.54. The summed E-state index contributed by atoms with van der Waals surface area (Å²) in [5.41, 5.74) is 12.8. The normalized spacial score (nSPS) is 12.0. The molecule has 0 aliphatic heterocycles. The number of para-hydroxylation sites is 2. The van der Waals surface area contributed by atoms with Crippen molar-refractivity contribution in [3.63, 3.8) is 0 Å². The lowest BCUT2D eigenvalue weighted by molar-refractivity contribution is 0.670. The van der Waals surface area contributed by atoms with Gasteiger partial charge in [-0.05, 0) is 41.0 Å². The van der Waals surface area contributed by atoms with E-state index in [9.17, 15) is 11.8 Å². The Kier molecular flexibility index (Phi) is 8.85. The first-order valence-corrected chi connectivity index (χ1v) is 26.6. The van der Waals surface area contributed by atoms with Crippen LogP contribution in [0.3, 0.4) is 0 Å². The van der Waals surface area contributed by atoms with E-state index >= 15 is 0 Å². The molecule has 5 heterocycles. The van der Waals surface area contributed by atoms with Gasteiger partial charge in [0, 0.05) is 86.0 Å². The summed E-state index contributed by atoms with van der Waals surface area (Å²) in [5, 5.41) is 23.2. The largest absolute Gasteiger partial charge is 0.455 e. The number of benzene rings is 11. The molecule has 0 spiro atoms. The highest BCUT2D eigenvalue weighted by Crippen LogP contribution is 2.55. The fraction of sp³-hybridized carbons (Fsp3) is 0. The van der Waals surface area contributed by atoms with Gasteiger partial charge in [0.15, 0.2) is 0 Å². The third kappa shape index (κ3) is 5.79. The Morgan fingerprint density at radius 3 is 1.57 bits per heavy atom. The topological polar surface area (TPSA) is 51.1 Å². The third-order valence-corrected chi connectivity index (χ3v) is 17.8. The molecule has 5 aromatic heterocycles. The lowest BCUT2D eigenvalue weighted by Crippen LogP contribution is -2.08. The second-order valence-corrected chi connectivity index (χ2v) is 21.3. The highest BCUT2D eigenvalue weighted by Gasteiger charge is 2.33. The Bertz CT molecular complexity index is 5070. The number of furan rings is 1. The summed E-state index contributed by atoms with van der Waals surface area (Å²) >= 11 is 3.59. The van der Waals surface area contributed by atoms with E-state index in [1.807, 2.05) is 42.5 Å². The minimum Gasteiger partial charge on any atom is -0.455 e. The summed E-state index contributed by atoms with van der Waals surface area (Å²) < 4.78 is 16.4. The molecule has 16 aromatic rings. The van der Waals surface area contributed by atoms with Crippen LogP contribution in [0.15, 0.2) is 223 Å². The van der Waals surface area contributed by atoms with Crippen molar-refractivity contribution in [2.45, 2.75) is 0 Å². The van der Waals surface area contributed by atoms with Gasteiger partial charge in [-0.1, -0.05) is 188 Å². The van der Waals surface area contributed by atoms with Crippen LogP contribution in [0.5, 0.6) is 0 Å². The Morgan fingerprint density at radius 2 is 0.960 bits per heavy atom. The SMILES string of the molecule is [C-]#[N+]c1c(-c2ccccc2)c(C#N)c(-n2c3ccccc3c3cc4c(cc32)oc2c(-c3ccccc3)cccc24)c(-c2ccccc2)c1-n1c2c(ccc3c4ccccc4sc32)c2ccc3c4ccccc4sc3c21. The summed E-state index contributed by atoms with van der Waals surface area (Å²) in [6, 6.07) is 79.5. The van der Waals surface area contributed by atoms with Crippen molar-refractivity contribution >= 4 is 134 Å². The van der Waals surface area contributed by atoms with E-state index in [1.165, 1.54) is 20.2 Å². The Labute approximate surface area is 436 Å². The van der Waals surface area contributed by atoms with Gasteiger partial charge in [-0.2, -0.15) is 5.26 Å². The maximum absolute atomic E-state index is 12.1. The second kappa shape index (κ2) is 15.9. The zero-order valence-electron chi connectivity index (χ0n) is 39.8. The van der Waals surface area contributed by atoms with Crippen LogP contribution in [0, 0.1) is 17.9 Å². The molecule has 0 unspecified atom stereocenters. The Hall–Kier alpha value is -9.76. The van der Waals surface area contributed by atoms with Gasteiger partial charge in [0.2, 0.25) is 5.69 Å². The van der Waals surface area contributed by atoms with Crippen LogP contribution in [0.2, 0.25) is 0 Å². The number of aromatic nitrogens is 2. The number of nitrogens with zero attached hydrogens (tertiary/aromatic N) is 4. The quantitative estimate of drug-likeness (QED) is 0.161. The van der Waals surface area contributed by atoms with Crippen LogP contribution in [0.25, 0.3) is 155 Å². The van der Waals surface area contributed by atoms with Crippen LogP contribution in [0.4, 0.5) is 5.69 Å². The molecule has 75 heavy (non-hydrogen) atoms. The molecular formula is C68H36N4OS2. The van der Waals surface area contributed by atoms with Gasteiger partial charge >= 0.3 is 0 Å². The number of hydrogen-bond donors (Lipinski definition) is 0. The smallest absolute Gasteiger partial charge is 0.220 e. The van der Waals surface area contributed by atoms with Crippen molar-refractivity contribution in [3.05, 3.63) is 235 Å². The molecule has 11 aromatic carbocycles. The van der Waals surface area contributed by atoms with E-state index in [4.69, 9.17) is 4.42 Å². The van der Waals surface area contributed by atoms with Crippen LogP contribution in [0.1, 0.15) is 5.56 Å². The highest BCUT2D eigenvalue weighted by atomic mass is 32.1. The average Bonchev–Trinajstić information content (AvgIpc) is 4.29. The average molecular weight is 989 g/mol. The Morgan fingerprint density at radius 1 is 0.427 bits per heavy atom. The molecule has 346 valence electrons. The van der Waals surface area contributed by atoms with E-state index in [2.05, 4.69) is 196 Å². The summed E-state index contributed by atoms with van der Waals surface area (Å²) in [4.78, 5) is 4.66. The van der Waals surface area contributed by atoms with Crippen LogP contribution >= 0.6 is 22.7 Å². The molecule has 0 N–H and O–H groups in total. The van der Waals surface area contributed by atoms with E-state index < -0.39 is 0 Å². The van der Waals surface area contributed by atoms with Gasteiger partial charge in [-0.15, -0.1) is 22.7 Å². The Balaban J connectivity index is 1.16. The lowest BCUT2D eigenvalue weighted by Gasteiger charge is -2.26. The highest BCUT2D eigenvalue weighted by molar-refractivity contribution is 7.27. The fourth-order valence-corrected chi connectivity index (χ4v) is 14.7. The van der Waals surface area contributed by atoms with Gasteiger partial charge in [0.25, 0.3) is 0 Å². The molecule has 5 nitrogen and oxygen atoms in total. The number of hydrogen-bond acceptors (Lipinski definition) is 4. The van der Waals surface area contributed by atoms with Crippen molar-refractivity contribution in [1.82, 2.24) is 9.13 Å². The van der Waals surface area contributed by atoms with Crippen molar-refractivity contribution in [3.8, 4) is 50.8 Å². The van der Waals surface area contributed by atoms with E-state index in [-0.39, 0.29) is 0 Å². The molecule has 0 aliphatic rings. The van der Waals surface area contributed by atoms with Crippen LogP contribution in [-0.4, -0.2) is 9.13 Å². The summed E-state index contributed by atoms with van der Waals surface area (Å²) in [5.74, 6) is 0. The predicted molar refractivity (Wildman–Crippen MR) is 315 cm³/mol. The van der Waals surface area contributed by atoms with Gasteiger partial charge < -0.3 is 13.6 Å². The molecule has 0 saturated carbocycles. The van der Waals surface area contributed by atoms with E-state index in [0.29, 0.717) is 22.5 Å². The van der Waals surface area contributed by atoms with Crippen molar-refractivity contribution < 1.29 is 4.42 Å². The van der Waals surface area contributed by atoms with Crippen LogP contribution in [-0.2, 0) is 0 Å². The monoisotopic (exact) mass is 988 g/mol. The van der Waals surface area contributed by atoms with Crippen LogP contribution < -0.4 is 0 Å². The molecule has 0 aliphatic carbocycles. The molecular weight excluding hydrogens is 953 g/mol. The summed E-state index contributed by atoms with van der Waals surface area (Å²) in [6.07, 6.45) is 0. The minimum absolute atomic E-state index is 0.407. The predicted octanol–water partition coefficient (Wildman–Crippen LogP) is 19.9. The number of thiophene rings is 2. The third-order valence-electron chi connectivity index (χ3n) is 15.4. The molecule has 0 atom stereocenters.